The second-order valence-electron chi connectivity index (χ2n) is 7.56. The van der Waals surface area contributed by atoms with Crippen molar-refractivity contribution in [1.82, 2.24) is 0 Å². The molecule has 126 valence electrons. The molecule has 1 rings (SSSR count). The van der Waals surface area contributed by atoms with Crippen molar-refractivity contribution in [2.45, 2.75) is 66.2 Å². The van der Waals surface area contributed by atoms with Gasteiger partial charge in [0, 0.05) is 6.61 Å². The van der Waals surface area contributed by atoms with E-state index in [-0.39, 0.29) is 5.41 Å². The van der Waals surface area contributed by atoms with E-state index in [1.54, 1.807) is 0 Å². The van der Waals surface area contributed by atoms with Gasteiger partial charge < -0.3 is 9.47 Å². The SMILES string of the molecule is CCCOCCOc1ccc(C(C)(C)CC(C)(C)CC)cc1. The molecule has 0 unspecified atom stereocenters. The lowest BCUT2D eigenvalue weighted by atomic mass is 9.70. The van der Waals surface area contributed by atoms with Gasteiger partial charge >= 0.3 is 0 Å². The van der Waals surface area contributed by atoms with Crippen molar-refractivity contribution in [3.8, 4) is 5.75 Å². The number of ether oxygens (including phenoxy) is 2. The molecule has 0 atom stereocenters. The van der Waals surface area contributed by atoms with Gasteiger partial charge in [-0.1, -0.05) is 60.1 Å². The number of benzene rings is 1. The van der Waals surface area contributed by atoms with Crippen LogP contribution in [-0.4, -0.2) is 19.8 Å². The van der Waals surface area contributed by atoms with Crippen molar-refractivity contribution < 1.29 is 9.47 Å². The Bertz CT molecular complexity index is 418. The van der Waals surface area contributed by atoms with Crippen LogP contribution in [0.2, 0.25) is 0 Å². The minimum Gasteiger partial charge on any atom is -0.491 e. The van der Waals surface area contributed by atoms with E-state index in [0.29, 0.717) is 18.6 Å². The summed E-state index contributed by atoms with van der Waals surface area (Å²) in [6.45, 7) is 15.8. The first-order valence-electron chi connectivity index (χ1n) is 8.62. The van der Waals surface area contributed by atoms with E-state index >= 15 is 0 Å². The summed E-state index contributed by atoms with van der Waals surface area (Å²) >= 11 is 0. The molecule has 0 saturated heterocycles. The summed E-state index contributed by atoms with van der Waals surface area (Å²) in [6, 6.07) is 8.56. The van der Waals surface area contributed by atoms with Gasteiger partial charge in [0.2, 0.25) is 0 Å². The summed E-state index contributed by atoms with van der Waals surface area (Å²) < 4.78 is 11.1. The van der Waals surface area contributed by atoms with Crippen molar-refractivity contribution >= 4 is 0 Å². The summed E-state index contributed by atoms with van der Waals surface area (Å²) in [4.78, 5) is 0. The predicted molar refractivity (Wildman–Crippen MR) is 94.8 cm³/mol. The first-order chi connectivity index (χ1) is 10.3. The topological polar surface area (TPSA) is 18.5 Å². The lowest BCUT2D eigenvalue weighted by Gasteiger charge is -2.35. The summed E-state index contributed by atoms with van der Waals surface area (Å²) in [6.07, 6.45) is 3.44. The van der Waals surface area contributed by atoms with Crippen LogP contribution in [0.1, 0.15) is 66.4 Å². The van der Waals surface area contributed by atoms with E-state index in [2.05, 4.69) is 65.8 Å². The van der Waals surface area contributed by atoms with Crippen LogP contribution < -0.4 is 4.74 Å². The maximum atomic E-state index is 5.72. The molecule has 2 heteroatoms. The van der Waals surface area contributed by atoms with Crippen LogP contribution in [0.15, 0.2) is 24.3 Å². The van der Waals surface area contributed by atoms with Gasteiger partial charge in [0.15, 0.2) is 0 Å². The highest BCUT2D eigenvalue weighted by atomic mass is 16.5. The fourth-order valence-electron chi connectivity index (χ4n) is 2.89. The summed E-state index contributed by atoms with van der Waals surface area (Å²) in [5.74, 6) is 0.925. The van der Waals surface area contributed by atoms with Crippen LogP contribution in [-0.2, 0) is 10.2 Å². The molecule has 0 N–H and O–H groups in total. The second kappa shape index (κ2) is 8.57. The first kappa shape index (κ1) is 19.0. The Morgan fingerprint density at radius 3 is 2.05 bits per heavy atom. The van der Waals surface area contributed by atoms with Crippen molar-refractivity contribution in [2.24, 2.45) is 5.41 Å². The first-order valence-corrected chi connectivity index (χ1v) is 8.62. The van der Waals surface area contributed by atoms with Gasteiger partial charge in [0.05, 0.1) is 6.61 Å². The molecule has 0 heterocycles. The highest BCUT2D eigenvalue weighted by Crippen LogP contribution is 2.38. The maximum Gasteiger partial charge on any atom is 0.119 e. The lowest BCUT2D eigenvalue weighted by molar-refractivity contribution is 0.101. The molecule has 0 fully saturated rings. The zero-order valence-electron chi connectivity index (χ0n) is 15.4. The van der Waals surface area contributed by atoms with Crippen LogP contribution >= 0.6 is 0 Å². The molecule has 0 spiro atoms. The summed E-state index contributed by atoms with van der Waals surface area (Å²) in [5, 5.41) is 0. The van der Waals surface area contributed by atoms with E-state index in [0.717, 1.165) is 18.8 Å². The highest BCUT2D eigenvalue weighted by Gasteiger charge is 2.28. The maximum absolute atomic E-state index is 5.72. The fourth-order valence-corrected chi connectivity index (χ4v) is 2.89. The average Bonchev–Trinajstić information content (AvgIpc) is 2.46. The van der Waals surface area contributed by atoms with Crippen LogP contribution in [0, 0.1) is 5.41 Å². The van der Waals surface area contributed by atoms with Gasteiger partial charge in [-0.05, 0) is 41.4 Å². The smallest absolute Gasteiger partial charge is 0.119 e. The third kappa shape index (κ3) is 6.39. The van der Waals surface area contributed by atoms with Gasteiger partial charge in [-0.25, -0.2) is 0 Å². The third-order valence-electron chi connectivity index (χ3n) is 4.36. The molecule has 1 aromatic rings. The van der Waals surface area contributed by atoms with E-state index in [4.69, 9.17) is 9.47 Å². The fraction of sp³-hybridized carbons (Fsp3) is 0.700. The Morgan fingerprint density at radius 1 is 0.864 bits per heavy atom. The molecule has 2 nitrogen and oxygen atoms in total. The summed E-state index contributed by atoms with van der Waals surface area (Å²) in [7, 11) is 0. The zero-order chi connectivity index (χ0) is 16.6. The second-order valence-corrected chi connectivity index (χ2v) is 7.56. The normalized spacial score (nSPS) is 12.5. The van der Waals surface area contributed by atoms with Crippen LogP contribution in [0.3, 0.4) is 0 Å². The molecule has 0 amide bonds. The average molecular weight is 306 g/mol. The number of hydrogen-bond acceptors (Lipinski definition) is 2. The quantitative estimate of drug-likeness (QED) is 0.524. The molecule has 0 saturated carbocycles. The molecule has 0 aliphatic carbocycles. The standard InChI is InChI=1S/C20H34O2/c1-7-13-21-14-15-22-18-11-9-17(10-12-18)20(5,6)16-19(3,4)8-2/h9-12H,7-8,13-16H2,1-6H3. The van der Waals surface area contributed by atoms with Crippen LogP contribution in [0.5, 0.6) is 5.75 Å². The van der Waals surface area contributed by atoms with E-state index in [1.165, 1.54) is 18.4 Å². The molecular formula is C20H34O2. The van der Waals surface area contributed by atoms with Crippen LogP contribution in [0.4, 0.5) is 0 Å². The zero-order valence-corrected chi connectivity index (χ0v) is 15.4. The molecule has 0 aliphatic rings. The molecule has 0 bridgehead atoms. The van der Waals surface area contributed by atoms with Gasteiger partial charge in [-0.2, -0.15) is 0 Å². The number of hydrogen-bond donors (Lipinski definition) is 0. The van der Waals surface area contributed by atoms with Crippen molar-refractivity contribution in [3.05, 3.63) is 29.8 Å². The Morgan fingerprint density at radius 2 is 1.50 bits per heavy atom. The molecule has 0 radical (unpaired) electrons. The molecular weight excluding hydrogens is 272 g/mol. The van der Waals surface area contributed by atoms with Crippen molar-refractivity contribution in [3.63, 3.8) is 0 Å². The van der Waals surface area contributed by atoms with Gasteiger partial charge in [0.25, 0.3) is 0 Å². The van der Waals surface area contributed by atoms with Crippen molar-refractivity contribution in [2.75, 3.05) is 19.8 Å². The minimum absolute atomic E-state index is 0.183. The molecule has 1 aromatic carbocycles. The lowest BCUT2D eigenvalue weighted by Crippen LogP contribution is -2.26. The number of rotatable bonds is 10. The molecule has 22 heavy (non-hydrogen) atoms. The Hall–Kier alpha value is -1.02. The van der Waals surface area contributed by atoms with Crippen molar-refractivity contribution in [1.29, 1.82) is 0 Å². The Kier molecular flexibility index (Phi) is 7.41. The Balaban J connectivity index is 2.56. The molecule has 0 aromatic heterocycles. The van der Waals surface area contributed by atoms with Gasteiger partial charge in [-0.15, -0.1) is 0 Å². The monoisotopic (exact) mass is 306 g/mol. The van der Waals surface area contributed by atoms with E-state index in [9.17, 15) is 0 Å². The van der Waals surface area contributed by atoms with Gasteiger partial charge in [-0.3, -0.25) is 0 Å². The minimum atomic E-state index is 0.183. The molecule has 0 aliphatic heterocycles. The van der Waals surface area contributed by atoms with E-state index in [1.807, 2.05) is 0 Å². The van der Waals surface area contributed by atoms with Gasteiger partial charge in [0.1, 0.15) is 12.4 Å². The Labute approximate surface area is 137 Å². The van der Waals surface area contributed by atoms with E-state index < -0.39 is 0 Å². The largest absolute Gasteiger partial charge is 0.491 e. The highest BCUT2D eigenvalue weighted by molar-refractivity contribution is 5.31. The van der Waals surface area contributed by atoms with Crippen LogP contribution in [0.25, 0.3) is 0 Å². The third-order valence-corrected chi connectivity index (χ3v) is 4.36. The predicted octanol–water partition coefficient (Wildman–Crippen LogP) is 5.60. The summed E-state index contributed by atoms with van der Waals surface area (Å²) in [5.41, 5.74) is 1.93.